The smallest absolute Gasteiger partial charge is 0.293 e. The van der Waals surface area contributed by atoms with Crippen molar-refractivity contribution in [3.63, 3.8) is 0 Å². The lowest BCUT2D eigenvalue weighted by molar-refractivity contribution is -0.384. The van der Waals surface area contributed by atoms with Crippen molar-refractivity contribution < 1.29 is 4.92 Å². The highest BCUT2D eigenvalue weighted by molar-refractivity contribution is 9.10. The van der Waals surface area contributed by atoms with Gasteiger partial charge in [-0.1, -0.05) is 22.9 Å². The first-order valence-corrected chi connectivity index (χ1v) is 7.01. The number of nitro benzene ring substituents is 1. The molecule has 0 saturated carbocycles. The summed E-state index contributed by atoms with van der Waals surface area (Å²) in [5.41, 5.74) is 0.608. The molecule has 1 unspecified atom stereocenters. The maximum Gasteiger partial charge on any atom is 0.293 e. The van der Waals surface area contributed by atoms with Crippen LogP contribution in [0.4, 0.5) is 11.4 Å². The fourth-order valence-electron chi connectivity index (χ4n) is 1.88. The minimum absolute atomic E-state index is 0.0747. The third-order valence-corrected chi connectivity index (χ3v) is 3.35. The lowest BCUT2D eigenvalue weighted by Gasteiger charge is -2.14. The standard InChI is InChI=1S/C13H15BrN4O2/c1-10(9-17-6-2-5-16-17)8-15-12-4-3-11(14)7-13(12)18(19)20/h2-7,10,15H,8-9H2,1H3. The van der Waals surface area contributed by atoms with Gasteiger partial charge in [0.15, 0.2) is 0 Å². The Balaban J connectivity index is 1.98. The fraction of sp³-hybridized carbons (Fsp3) is 0.308. The normalized spacial score (nSPS) is 12.1. The maximum atomic E-state index is 11.0. The van der Waals surface area contributed by atoms with E-state index in [-0.39, 0.29) is 10.6 Å². The first kappa shape index (κ1) is 14.5. The van der Waals surface area contributed by atoms with Crippen LogP contribution in [0.3, 0.4) is 0 Å². The molecule has 106 valence electrons. The molecule has 20 heavy (non-hydrogen) atoms. The van der Waals surface area contributed by atoms with Crippen LogP contribution in [0.25, 0.3) is 0 Å². The molecule has 1 aromatic heterocycles. The molecular weight excluding hydrogens is 324 g/mol. The zero-order valence-corrected chi connectivity index (χ0v) is 12.6. The monoisotopic (exact) mass is 338 g/mol. The van der Waals surface area contributed by atoms with Gasteiger partial charge in [0, 0.05) is 36.0 Å². The summed E-state index contributed by atoms with van der Waals surface area (Å²) in [5, 5.41) is 18.3. The van der Waals surface area contributed by atoms with Crippen molar-refractivity contribution >= 4 is 27.3 Å². The Bertz CT molecular complexity index is 586. The predicted octanol–water partition coefficient (Wildman–Crippen LogP) is 3.30. The van der Waals surface area contributed by atoms with Crippen molar-refractivity contribution in [2.75, 3.05) is 11.9 Å². The van der Waals surface area contributed by atoms with E-state index in [9.17, 15) is 10.1 Å². The summed E-state index contributed by atoms with van der Waals surface area (Å²) < 4.78 is 2.54. The van der Waals surface area contributed by atoms with Gasteiger partial charge in [-0.15, -0.1) is 0 Å². The first-order valence-electron chi connectivity index (χ1n) is 6.21. The molecule has 0 radical (unpaired) electrons. The van der Waals surface area contributed by atoms with Crippen molar-refractivity contribution in [3.8, 4) is 0 Å². The highest BCUT2D eigenvalue weighted by Crippen LogP contribution is 2.28. The van der Waals surface area contributed by atoms with Gasteiger partial charge in [0.2, 0.25) is 0 Å². The Labute approximate surface area is 125 Å². The van der Waals surface area contributed by atoms with Crippen molar-refractivity contribution in [2.24, 2.45) is 5.92 Å². The summed E-state index contributed by atoms with van der Waals surface area (Å²) in [6.45, 7) is 3.48. The highest BCUT2D eigenvalue weighted by atomic mass is 79.9. The molecule has 0 aliphatic heterocycles. The van der Waals surface area contributed by atoms with E-state index in [0.29, 0.717) is 22.6 Å². The van der Waals surface area contributed by atoms with Crippen molar-refractivity contribution in [2.45, 2.75) is 13.5 Å². The van der Waals surface area contributed by atoms with Crippen LogP contribution in [-0.4, -0.2) is 21.2 Å². The van der Waals surface area contributed by atoms with E-state index in [4.69, 9.17) is 0 Å². The summed E-state index contributed by atoms with van der Waals surface area (Å²) >= 11 is 3.24. The molecule has 0 saturated heterocycles. The number of aromatic nitrogens is 2. The number of anilines is 1. The van der Waals surface area contributed by atoms with Gasteiger partial charge in [0.05, 0.1) is 4.92 Å². The zero-order valence-electron chi connectivity index (χ0n) is 11.0. The second-order valence-corrected chi connectivity index (χ2v) is 5.55. The van der Waals surface area contributed by atoms with Crippen molar-refractivity contribution in [3.05, 3.63) is 51.2 Å². The number of nitro groups is 1. The van der Waals surface area contributed by atoms with E-state index in [0.717, 1.165) is 6.54 Å². The molecule has 1 N–H and O–H groups in total. The molecule has 2 rings (SSSR count). The molecule has 1 atom stereocenters. The van der Waals surface area contributed by atoms with Crippen molar-refractivity contribution in [1.82, 2.24) is 9.78 Å². The van der Waals surface area contributed by atoms with Crippen LogP contribution < -0.4 is 5.32 Å². The molecule has 0 aliphatic rings. The minimum atomic E-state index is -0.384. The number of hydrogen-bond acceptors (Lipinski definition) is 4. The Kier molecular flexibility index (Phi) is 4.73. The average Bonchev–Trinajstić information content (AvgIpc) is 2.90. The first-order chi connectivity index (χ1) is 9.56. The Morgan fingerprint density at radius 3 is 3.00 bits per heavy atom. The van der Waals surface area contributed by atoms with Gasteiger partial charge < -0.3 is 5.32 Å². The van der Waals surface area contributed by atoms with Gasteiger partial charge in [-0.2, -0.15) is 5.10 Å². The summed E-state index contributed by atoms with van der Waals surface area (Å²) in [7, 11) is 0. The minimum Gasteiger partial charge on any atom is -0.379 e. The van der Waals surface area contributed by atoms with Crippen LogP contribution in [0.1, 0.15) is 6.92 Å². The Morgan fingerprint density at radius 2 is 2.35 bits per heavy atom. The van der Waals surface area contributed by atoms with Gasteiger partial charge in [0.25, 0.3) is 5.69 Å². The topological polar surface area (TPSA) is 73.0 Å². The summed E-state index contributed by atoms with van der Waals surface area (Å²) in [5.74, 6) is 0.304. The Hall–Kier alpha value is -1.89. The second kappa shape index (κ2) is 6.51. The Morgan fingerprint density at radius 1 is 1.55 bits per heavy atom. The highest BCUT2D eigenvalue weighted by Gasteiger charge is 2.14. The number of hydrogen-bond donors (Lipinski definition) is 1. The van der Waals surface area contributed by atoms with E-state index >= 15 is 0 Å². The third kappa shape index (κ3) is 3.80. The summed E-state index contributed by atoms with van der Waals surface area (Å²) in [6, 6.07) is 6.87. The molecule has 0 aliphatic carbocycles. The largest absolute Gasteiger partial charge is 0.379 e. The van der Waals surface area contributed by atoms with Crippen LogP contribution in [-0.2, 0) is 6.54 Å². The van der Waals surface area contributed by atoms with E-state index in [1.165, 1.54) is 6.07 Å². The fourth-order valence-corrected chi connectivity index (χ4v) is 2.23. The van der Waals surface area contributed by atoms with E-state index in [1.54, 1.807) is 18.3 Å². The number of benzene rings is 1. The third-order valence-electron chi connectivity index (χ3n) is 2.86. The van der Waals surface area contributed by atoms with Crippen LogP contribution in [0, 0.1) is 16.0 Å². The van der Waals surface area contributed by atoms with E-state index in [1.807, 2.05) is 16.9 Å². The van der Waals surface area contributed by atoms with Crippen molar-refractivity contribution in [1.29, 1.82) is 0 Å². The van der Waals surface area contributed by atoms with Crippen LogP contribution in [0.15, 0.2) is 41.1 Å². The zero-order chi connectivity index (χ0) is 14.5. The number of nitrogens with zero attached hydrogens (tertiary/aromatic N) is 3. The maximum absolute atomic E-state index is 11.0. The SMILES string of the molecule is CC(CNc1ccc(Br)cc1[N+](=O)[O-])Cn1cccn1. The van der Waals surface area contributed by atoms with Crippen LogP contribution >= 0.6 is 15.9 Å². The average molecular weight is 339 g/mol. The lowest BCUT2D eigenvalue weighted by Crippen LogP contribution is -2.17. The molecule has 7 heteroatoms. The van der Waals surface area contributed by atoms with E-state index < -0.39 is 0 Å². The van der Waals surface area contributed by atoms with Gasteiger partial charge >= 0.3 is 0 Å². The van der Waals surface area contributed by atoms with Crippen LogP contribution in [0.5, 0.6) is 0 Å². The quantitative estimate of drug-likeness (QED) is 0.647. The molecule has 2 aromatic rings. The molecule has 6 nitrogen and oxygen atoms in total. The second-order valence-electron chi connectivity index (χ2n) is 4.63. The number of rotatable bonds is 6. The van der Waals surface area contributed by atoms with Crippen LogP contribution in [0.2, 0.25) is 0 Å². The molecule has 0 bridgehead atoms. The predicted molar refractivity (Wildman–Crippen MR) is 80.7 cm³/mol. The molecular formula is C13H15BrN4O2. The van der Waals surface area contributed by atoms with Gasteiger partial charge in [0.1, 0.15) is 5.69 Å². The molecule has 1 aromatic carbocycles. The molecule has 1 heterocycles. The summed E-state index contributed by atoms with van der Waals surface area (Å²) in [6.07, 6.45) is 3.64. The number of halogens is 1. The molecule has 0 fully saturated rings. The number of nitrogens with one attached hydrogen (secondary N) is 1. The molecule has 0 spiro atoms. The summed E-state index contributed by atoms with van der Waals surface area (Å²) in [4.78, 5) is 10.6. The van der Waals surface area contributed by atoms with Gasteiger partial charge in [-0.05, 0) is 24.1 Å². The lowest BCUT2D eigenvalue weighted by atomic mass is 10.1. The van der Waals surface area contributed by atoms with Gasteiger partial charge in [-0.25, -0.2) is 0 Å². The van der Waals surface area contributed by atoms with Gasteiger partial charge in [-0.3, -0.25) is 14.8 Å². The van der Waals surface area contributed by atoms with E-state index in [2.05, 4.69) is 33.3 Å². The molecule has 0 amide bonds.